The van der Waals surface area contributed by atoms with Gasteiger partial charge in [-0.2, -0.15) is 9.41 Å². The Morgan fingerprint density at radius 3 is 2.12 bits per heavy atom. The lowest BCUT2D eigenvalue weighted by atomic mass is 10.2. The van der Waals surface area contributed by atoms with Crippen LogP contribution >= 0.6 is 23.2 Å². The lowest BCUT2D eigenvalue weighted by molar-refractivity contribution is -0.139. The monoisotopic (exact) mass is 598 g/mol. The molecular weight excluding hydrogens is 575 g/mol. The second-order valence-electron chi connectivity index (χ2n) is 8.52. The van der Waals surface area contributed by atoms with Crippen molar-refractivity contribution < 1.29 is 22.4 Å². The second-order valence-corrected chi connectivity index (χ2v) is 11.3. The third-order valence-electron chi connectivity index (χ3n) is 5.60. The summed E-state index contributed by atoms with van der Waals surface area (Å²) in [5, 5.41) is 7.23. The van der Waals surface area contributed by atoms with Crippen LogP contribution in [0, 0.1) is 0 Å². The maximum atomic E-state index is 13.5. The highest BCUT2D eigenvalue weighted by atomic mass is 35.5. The first kappa shape index (κ1) is 29.0. The molecule has 0 aliphatic heterocycles. The molecule has 4 aromatic rings. The molecule has 0 atom stereocenters. The van der Waals surface area contributed by atoms with E-state index in [2.05, 4.69) is 15.8 Å². The van der Waals surface area contributed by atoms with Crippen LogP contribution < -0.4 is 10.7 Å². The first-order valence-corrected chi connectivity index (χ1v) is 14.1. The number of hydrogen-bond donors (Lipinski definition) is 2. The quantitative estimate of drug-likeness (QED) is 0.155. The van der Waals surface area contributed by atoms with E-state index >= 15 is 0 Å². The van der Waals surface area contributed by atoms with Crippen molar-refractivity contribution in [1.29, 1.82) is 0 Å². The van der Waals surface area contributed by atoms with Gasteiger partial charge in [-0.3, -0.25) is 9.59 Å². The van der Waals surface area contributed by atoms with Crippen LogP contribution in [-0.4, -0.2) is 30.8 Å². The SMILES string of the molecule is O=C(NCc1ccc(Cl)cc1)C(=O)N/N=C/c1ccc(CN(Cc2ccccc2)S(=O)(=O)c2ccc(Cl)cc2)o1. The van der Waals surface area contributed by atoms with Gasteiger partial charge in [0.15, 0.2) is 0 Å². The molecule has 0 bridgehead atoms. The number of rotatable bonds is 10. The third kappa shape index (κ3) is 8.03. The highest BCUT2D eigenvalue weighted by Gasteiger charge is 2.26. The number of hydrogen-bond acceptors (Lipinski definition) is 6. The van der Waals surface area contributed by atoms with Gasteiger partial charge in [-0.15, -0.1) is 0 Å². The van der Waals surface area contributed by atoms with Gasteiger partial charge in [-0.05, 0) is 59.7 Å². The average molecular weight is 599 g/mol. The van der Waals surface area contributed by atoms with E-state index in [9.17, 15) is 18.0 Å². The average Bonchev–Trinajstić information content (AvgIpc) is 3.40. The maximum Gasteiger partial charge on any atom is 0.329 e. The Hall–Kier alpha value is -3.96. The molecule has 2 N–H and O–H groups in total. The smallest absolute Gasteiger partial charge is 0.329 e. The zero-order valence-electron chi connectivity index (χ0n) is 21.0. The Bertz CT molecular complexity index is 1590. The van der Waals surface area contributed by atoms with Gasteiger partial charge >= 0.3 is 11.8 Å². The summed E-state index contributed by atoms with van der Waals surface area (Å²) < 4.78 is 33.9. The van der Waals surface area contributed by atoms with Gasteiger partial charge in [0.05, 0.1) is 17.7 Å². The summed E-state index contributed by atoms with van der Waals surface area (Å²) in [6.45, 7) is 0.192. The normalized spacial score (nSPS) is 11.6. The highest BCUT2D eigenvalue weighted by Crippen LogP contribution is 2.23. The summed E-state index contributed by atoms with van der Waals surface area (Å²) >= 11 is 11.8. The van der Waals surface area contributed by atoms with Crippen molar-refractivity contribution >= 4 is 51.3 Å². The van der Waals surface area contributed by atoms with Crippen molar-refractivity contribution in [1.82, 2.24) is 15.0 Å². The summed E-state index contributed by atoms with van der Waals surface area (Å²) in [4.78, 5) is 24.1. The first-order chi connectivity index (χ1) is 19.2. The van der Waals surface area contributed by atoms with Crippen LogP contribution in [-0.2, 0) is 39.2 Å². The van der Waals surface area contributed by atoms with E-state index in [0.717, 1.165) is 11.1 Å². The molecule has 3 aromatic carbocycles. The number of nitrogens with zero attached hydrogens (tertiary/aromatic N) is 2. The summed E-state index contributed by atoms with van der Waals surface area (Å²) in [7, 11) is -3.90. The van der Waals surface area contributed by atoms with E-state index in [0.29, 0.717) is 15.8 Å². The van der Waals surface area contributed by atoms with Crippen LogP contribution in [0.4, 0.5) is 0 Å². The van der Waals surface area contributed by atoms with Gasteiger partial charge in [-0.1, -0.05) is 65.7 Å². The molecule has 9 nitrogen and oxygen atoms in total. The van der Waals surface area contributed by atoms with Crippen LogP contribution in [0.15, 0.2) is 105 Å². The van der Waals surface area contributed by atoms with Crippen LogP contribution in [0.5, 0.6) is 0 Å². The predicted octanol–water partition coefficient (Wildman–Crippen LogP) is 4.74. The molecule has 0 unspecified atom stereocenters. The van der Waals surface area contributed by atoms with Crippen LogP contribution in [0.2, 0.25) is 10.0 Å². The number of benzene rings is 3. The van der Waals surface area contributed by atoms with Crippen molar-refractivity contribution in [3.05, 3.63) is 124 Å². The standard InChI is InChI=1S/C28H24Cl2N4O5S/c29-22-8-6-20(7-9-22)16-31-27(35)28(36)33-32-17-24-12-13-25(39-24)19-34(18-21-4-2-1-3-5-21)40(37,38)26-14-10-23(30)11-15-26/h1-15,17H,16,18-19H2,(H,31,35)(H,33,36)/b32-17+. The number of amides is 2. The summed E-state index contributed by atoms with van der Waals surface area (Å²) in [6.07, 6.45) is 1.21. The molecule has 2 amide bonds. The number of carbonyl (C=O) groups is 2. The van der Waals surface area contributed by atoms with Crippen molar-refractivity contribution in [2.24, 2.45) is 5.10 Å². The minimum atomic E-state index is -3.90. The summed E-state index contributed by atoms with van der Waals surface area (Å²) in [6, 6.07) is 25.1. The van der Waals surface area contributed by atoms with E-state index < -0.39 is 21.8 Å². The summed E-state index contributed by atoms with van der Waals surface area (Å²) in [5.41, 5.74) is 3.70. The van der Waals surface area contributed by atoms with Gasteiger partial charge in [-0.25, -0.2) is 13.8 Å². The Morgan fingerprint density at radius 1 is 0.800 bits per heavy atom. The highest BCUT2D eigenvalue weighted by molar-refractivity contribution is 7.89. The molecule has 12 heteroatoms. The third-order valence-corrected chi connectivity index (χ3v) is 7.91. The molecule has 0 fully saturated rings. The van der Waals surface area contributed by atoms with E-state index in [1.807, 2.05) is 30.3 Å². The van der Waals surface area contributed by atoms with Gasteiger partial charge in [0.2, 0.25) is 10.0 Å². The van der Waals surface area contributed by atoms with Gasteiger partial charge < -0.3 is 9.73 Å². The molecule has 0 radical (unpaired) electrons. The van der Waals surface area contributed by atoms with Crippen LogP contribution in [0.25, 0.3) is 0 Å². The minimum absolute atomic E-state index is 0.0623. The molecular formula is C28H24Cl2N4O5S. The van der Waals surface area contributed by atoms with Gasteiger partial charge in [0.25, 0.3) is 0 Å². The second kappa shape index (κ2) is 13.4. The molecule has 4 rings (SSSR count). The number of nitrogens with one attached hydrogen (secondary N) is 2. The fourth-order valence-corrected chi connectivity index (χ4v) is 5.21. The van der Waals surface area contributed by atoms with Gasteiger partial charge in [0, 0.05) is 23.1 Å². The molecule has 1 heterocycles. The molecule has 0 saturated carbocycles. The molecule has 0 aliphatic rings. The van der Waals surface area contributed by atoms with E-state index in [-0.39, 0.29) is 30.3 Å². The number of sulfonamides is 1. The predicted molar refractivity (Wildman–Crippen MR) is 152 cm³/mol. The van der Waals surface area contributed by atoms with Gasteiger partial charge in [0.1, 0.15) is 11.5 Å². The van der Waals surface area contributed by atoms with E-state index in [4.69, 9.17) is 27.6 Å². The fourth-order valence-electron chi connectivity index (χ4n) is 3.56. The molecule has 40 heavy (non-hydrogen) atoms. The number of halogens is 2. The fraction of sp³-hybridized carbons (Fsp3) is 0.107. The summed E-state index contributed by atoms with van der Waals surface area (Å²) in [5.74, 6) is -1.22. The zero-order chi connectivity index (χ0) is 28.5. The topological polar surface area (TPSA) is 121 Å². The lowest BCUT2D eigenvalue weighted by Crippen LogP contribution is -2.37. The Kier molecular flexibility index (Phi) is 9.73. The molecule has 0 spiro atoms. The number of carbonyl (C=O) groups excluding carboxylic acids is 2. The van der Waals surface area contributed by atoms with E-state index in [1.54, 1.807) is 36.4 Å². The van der Waals surface area contributed by atoms with Crippen molar-refractivity contribution in [2.75, 3.05) is 0 Å². The van der Waals surface area contributed by atoms with E-state index in [1.165, 1.54) is 34.8 Å². The first-order valence-electron chi connectivity index (χ1n) is 11.9. The Balaban J connectivity index is 1.39. The molecule has 206 valence electrons. The number of hydrazone groups is 1. The molecule has 1 aromatic heterocycles. The molecule has 0 saturated heterocycles. The van der Waals surface area contributed by atoms with Crippen LogP contribution in [0.3, 0.4) is 0 Å². The van der Waals surface area contributed by atoms with Crippen molar-refractivity contribution in [2.45, 2.75) is 24.5 Å². The number of furan rings is 1. The zero-order valence-corrected chi connectivity index (χ0v) is 23.3. The Morgan fingerprint density at radius 2 is 1.45 bits per heavy atom. The van der Waals surface area contributed by atoms with Crippen molar-refractivity contribution in [3.8, 4) is 0 Å². The maximum absolute atomic E-state index is 13.5. The largest absolute Gasteiger partial charge is 0.459 e. The van der Waals surface area contributed by atoms with Crippen LogP contribution in [0.1, 0.15) is 22.6 Å². The Labute approximate surface area is 241 Å². The van der Waals surface area contributed by atoms with Crippen molar-refractivity contribution in [3.63, 3.8) is 0 Å². The minimum Gasteiger partial charge on any atom is -0.459 e. The lowest BCUT2D eigenvalue weighted by Gasteiger charge is -2.21. The molecule has 0 aliphatic carbocycles.